The van der Waals surface area contributed by atoms with Crippen LogP contribution in [0.2, 0.25) is 0 Å². The van der Waals surface area contributed by atoms with Gasteiger partial charge in [0.2, 0.25) is 0 Å². The molecule has 8 heteroatoms. The maximum Gasteiger partial charge on any atom is 0.276 e. The fourth-order valence-electron chi connectivity index (χ4n) is 1.46. The predicted octanol–water partition coefficient (Wildman–Crippen LogP) is -0.0345. The van der Waals surface area contributed by atoms with Crippen molar-refractivity contribution in [3.63, 3.8) is 0 Å². The maximum atomic E-state index is 12.0. The number of hydrogen-bond donors (Lipinski definition) is 1. The van der Waals surface area contributed by atoms with Crippen LogP contribution in [0, 0.1) is 0 Å². The van der Waals surface area contributed by atoms with Gasteiger partial charge in [-0.15, -0.1) is 16.4 Å². The minimum atomic E-state index is -0.175. The van der Waals surface area contributed by atoms with Crippen molar-refractivity contribution in [1.82, 2.24) is 24.9 Å². The molecule has 2 aromatic rings. The molecule has 1 amide bonds. The van der Waals surface area contributed by atoms with E-state index in [-0.39, 0.29) is 5.91 Å². The average Bonchev–Trinajstić information content (AvgIpc) is 3.00. The van der Waals surface area contributed by atoms with Gasteiger partial charge in [-0.25, -0.2) is 4.98 Å². The molecule has 0 saturated carbocycles. The van der Waals surface area contributed by atoms with Crippen LogP contribution in [-0.4, -0.2) is 44.4 Å². The molecule has 18 heavy (non-hydrogen) atoms. The molecule has 2 heterocycles. The van der Waals surface area contributed by atoms with Gasteiger partial charge in [0.15, 0.2) is 5.69 Å². The molecule has 0 bridgehead atoms. The highest BCUT2D eigenvalue weighted by Crippen LogP contribution is 2.06. The Balaban J connectivity index is 2.01. The van der Waals surface area contributed by atoms with Gasteiger partial charge in [0.05, 0.1) is 30.5 Å². The number of carbonyl (C=O) groups is 1. The quantitative estimate of drug-likeness (QED) is 0.820. The highest BCUT2D eigenvalue weighted by atomic mass is 32.1. The van der Waals surface area contributed by atoms with E-state index in [1.54, 1.807) is 28.3 Å². The van der Waals surface area contributed by atoms with Crippen LogP contribution in [-0.2, 0) is 13.1 Å². The summed E-state index contributed by atoms with van der Waals surface area (Å²) in [4.78, 5) is 17.7. The van der Waals surface area contributed by atoms with E-state index in [4.69, 9.17) is 5.73 Å². The van der Waals surface area contributed by atoms with Crippen LogP contribution in [0.15, 0.2) is 17.1 Å². The Kier molecular flexibility index (Phi) is 4.00. The van der Waals surface area contributed by atoms with Crippen molar-refractivity contribution in [1.29, 1.82) is 0 Å². The normalized spacial score (nSPS) is 10.6. The summed E-state index contributed by atoms with van der Waals surface area (Å²) >= 11 is 1.50. The van der Waals surface area contributed by atoms with Crippen molar-refractivity contribution in [3.8, 4) is 0 Å². The average molecular weight is 266 g/mol. The molecule has 2 N–H and O–H groups in total. The highest BCUT2D eigenvalue weighted by molar-refractivity contribution is 7.07. The first-order valence-electron chi connectivity index (χ1n) is 5.43. The SMILES string of the molecule is CN(Cc1cscn1)C(=O)c1cn(CCN)nn1. The lowest BCUT2D eigenvalue weighted by atomic mass is 10.3. The first kappa shape index (κ1) is 12.7. The van der Waals surface area contributed by atoms with Gasteiger partial charge in [0, 0.05) is 19.0 Å². The Morgan fingerprint density at radius 2 is 2.44 bits per heavy atom. The number of hydrogen-bond acceptors (Lipinski definition) is 6. The molecule has 0 radical (unpaired) electrons. The number of thiazole rings is 1. The number of rotatable bonds is 5. The van der Waals surface area contributed by atoms with Crippen LogP contribution >= 0.6 is 11.3 Å². The van der Waals surface area contributed by atoms with E-state index >= 15 is 0 Å². The summed E-state index contributed by atoms with van der Waals surface area (Å²) in [5, 5.41) is 9.58. The molecule has 0 aliphatic rings. The molecule has 0 saturated heterocycles. The minimum absolute atomic E-state index is 0.175. The third-order valence-electron chi connectivity index (χ3n) is 2.35. The van der Waals surface area contributed by atoms with Crippen molar-refractivity contribution in [2.75, 3.05) is 13.6 Å². The van der Waals surface area contributed by atoms with Gasteiger partial charge in [-0.2, -0.15) is 0 Å². The standard InChI is InChI=1S/C10H14N6OS/c1-15(4-8-6-18-7-12-8)10(17)9-5-16(3-2-11)14-13-9/h5-7H,2-4,11H2,1H3. The second-order valence-corrected chi connectivity index (χ2v) is 4.52. The maximum absolute atomic E-state index is 12.0. The van der Waals surface area contributed by atoms with Crippen molar-refractivity contribution in [2.24, 2.45) is 5.73 Å². The van der Waals surface area contributed by atoms with Crippen LogP contribution in [0.25, 0.3) is 0 Å². The summed E-state index contributed by atoms with van der Waals surface area (Å²) in [7, 11) is 1.71. The lowest BCUT2D eigenvalue weighted by molar-refractivity contribution is 0.0777. The van der Waals surface area contributed by atoms with Gasteiger partial charge >= 0.3 is 0 Å². The summed E-state index contributed by atoms with van der Waals surface area (Å²) in [6.45, 7) is 1.48. The molecular weight excluding hydrogens is 252 g/mol. The van der Waals surface area contributed by atoms with Crippen molar-refractivity contribution >= 4 is 17.2 Å². The van der Waals surface area contributed by atoms with Crippen LogP contribution < -0.4 is 5.73 Å². The summed E-state index contributed by atoms with van der Waals surface area (Å²) < 4.78 is 1.56. The molecule has 0 aliphatic carbocycles. The zero-order valence-electron chi connectivity index (χ0n) is 9.98. The molecule has 0 aliphatic heterocycles. The molecule has 7 nitrogen and oxygen atoms in total. The number of aromatic nitrogens is 4. The van der Waals surface area contributed by atoms with E-state index in [9.17, 15) is 4.79 Å². The second kappa shape index (κ2) is 5.69. The van der Waals surface area contributed by atoms with E-state index in [1.165, 1.54) is 11.3 Å². The van der Waals surface area contributed by atoms with Crippen LogP contribution in [0.1, 0.15) is 16.2 Å². The zero-order chi connectivity index (χ0) is 13.0. The molecule has 2 rings (SSSR count). The Morgan fingerprint density at radius 3 is 3.11 bits per heavy atom. The number of carbonyl (C=O) groups excluding carboxylic acids is 1. The molecule has 0 spiro atoms. The Morgan fingerprint density at radius 1 is 1.61 bits per heavy atom. The van der Waals surface area contributed by atoms with Crippen molar-refractivity contribution < 1.29 is 4.79 Å². The molecule has 0 atom stereocenters. The third kappa shape index (κ3) is 2.90. The van der Waals surface area contributed by atoms with E-state index in [0.29, 0.717) is 25.3 Å². The van der Waals surface area contributed by atoms with Gasteiger partial charge in [0.25, 0.3) is 5.91 Å². The first-order valence-corrected chi connectivity index (χ1v) is 6.37. The van der Waals surface area contributed by atoms with E-state index in [0.717, 1.165) is 5.69 Å². The zero-order valence-corrected chi connectivity index (χ0v) is 10.8. The molecule has 96 valence electrons. The summed E-state index contributed by atoms with van der Waals surface area (Å²) in [6, 6.07) is 0. The van der Waals surface area contributed by atoms with E-state index < -0.39 is 0 Å². The van der Waals surface area contributed by atoms with Crippen molar-refractivity contribution in [3.05, 3.63) is 28.5 Å². The lowest BCUT2D eigenvalue weighted by Gasteiger charge is -2.13. The second-order valence-electron chi connectivity index (χ2n) is 3.80. The highest BCUT2D eigenvalue weighted by Gasteiger charge is 2.16. The summed E-state index contributed by atoms with van der Waals surface area (Å²) in [5.41, 5.74) is 8.33. The Labute approximate surface area is 108 Å². The minimum Gasteiger partial charge on any atom is -0.334 e. The molecule has 0 unspecified atom stereocenters. The number of nitrogens with zero attached hydrogens (tertiary/aromatic N) is 5. The third-order valence-corrected chi connectivity index (χ3v) is 2.98. The molecule has 0 aromatic carbocycles. The van der Waals surface area contributed by atoms with Crippen LogP contribution in [0.5, 0.6) is 0 Å². The van der Waals surface area contributed by atoms with E-state index in [2.05, 4.69) is 15.3 Å². The first-order chi connectivity index (χ1) is 8.70. The van der Waals surface area contributed by atoms with Gasteiger partial charge in [-0.05, 0) is 0 Å². The van der Waals surface area contributed by atoms with Gasteiger partial charge in [-0.1, -0.05) is 5.21 Å². The smallest absolute Gasteiger partial charge is 0.276 e. The molecular formula is C10H14N6OS. The number of amides is 1. The topological polar surface area (TPSA) is 89.9 Å². The fourth-order valence-corrected chi connectivity index (χ4v) is 2.01. The van der Waals surface area contributed by atoms with Crippen LogP contribution in [0.4, 0.5) is 0 Å². The lowest BCUT2D eigenvalue weighted by Crippen LogP contribution is -2.26. The summed E-state index contributed by atoms with van der Waals surface area (Å²) in [6.07, 6.45) is 1.60. The Hall–Kier alpha value is -1.80. The molecule has 0 fully saturated rings. The Bertz CT molecular complexity index is 508. The van der Waals surface area contributed by atoms with Crippen molar-refractivity contribution in [2.45, 2.75) is 13.1 Å². The fraction of sp³-hybridized carbons (Fsp3) is 0.400. The number of nitrogens with two attached hydrogens (primary N) is 1. The van der Waals surface area contributed by atoms with Crippen LogP contribution in [0.3, 0.4) is 0 Å². The predicted molar refractivity (Wildman–Crippen MR) is 67.0 cm³/mol. The van der Waals surface area contributed by atoms with Gasteiger partial charge < -0.3 is 10.6 Å². The van der Waals surface area contributed by atoms with Gasteiger partial charge in [0.1, 0.15) is 0 Å². The summed E-state index contributed by atoms with van der Waals surface area (Å²) in [5.74, 6) is -0.175. The molecule has 2 aromatic heterocycles. The largest absolute Gasteiger partial charge is 0.334 e. The van der Waals surface area contributed by atoms with E-state index in [1.807, 2.05) is 5.38 Å². The van der Waals surface area contributed by atoms with Gasteiger partial charge in [-0.3, -0.25) is 9.48 Å². The monoisotopic (exact) mass is 266 g/mol.